The molecule has 0 aliphatic heterocycles. The minimum absolute atomic E-state index is 0.228. The normalized spacial score (nSPS) is 10.1. The number of para-hydroxylation sites is 2. The van der Waals surface area contributed by atoms with Gasteiger partial charge in [-0.05, 0) is 47.9 Å². The molecule has 27 heavy (non-hydrogen) atoms. The van der Waals surface area contributed by atoms with Crippen LogP contribution in [0.15, 0.2) is 72.8 Å². The Hall–Kier alpha value is -3.58. The van der Waals surface area contributed by atoms with Crippen LogP contribution in [-0.4, -0.2) is 5.91 Å². The highest BCUT2D eigenvalue weighted by Crippen LogP contribution is 2.18. The molecule has 3 aromatic rings. The minimum Gasteiger partial charge on any atom is -0.381 e. The number of carbonyl (C=O) groups is 1. The van der Waals surface area contributed by atoms with Crippen molar-refractivity contribution in [3.05, 3.63) is 95.1 Å². The number of anilines is 2. The Balaban J connectivity index is 1.71. The summed E-state index contributed by atoms with van der Waals surface area (Å²) in [4.78, 5) is 12.6. The standard InChI is InChI=1S/C23H21N3O/c1-2-18-9-3-5-12-21(18)25-16-17-8-7-11-19(14-17)23(27)26-22-13-6-4-10-20(22)15-24/h3-14,25H,2,16H2,1H3,(H,26,27). The molecule has 0 saturated carbocycles. The minimum atomic E-state index is -0.228. The van der Waals surface area contributed by atoms with Crippen LogP contribution in [0.5, 0.6) is 0 Å². The maximum absolute atomic E-state index is 12.6. The zero-order valence-electron chi connectivity index (χ0n) is 15.2. The van der Waals surface area contributed by atoms with Gasteiger partial charge in [-0.25, -0.2) is 0 Å². The molecule has 0 aliphatic carbocycles. The summed E-state index contributed by atoms with van der Waals surface area (Å²) in [5, 5.41) is 15.4. The second-order valence-electron chi connectivity index (χ2n) is 6.18. The van der Waals surface area contributed by atoms with Gasteiger partial charge >= 0.3 is 0 Å². The fourth-order valence-electron chi connectivity index (χ4n) is 2.90. The number of carbonyl (C=O) groups excluding carboxylic acids is 1. The number of nitriles is 1. The molecule has 0 saturated heterocycles. The van der Waals surface area contributed by atoms with Crippen molar-refractivity contribution < 1.29 is 4.79 Å². The third-order valence-electron chi connectivity index (χ3n) is 4.37. The van der Waals surface area contributed by atoms with Gasteiger partial charge in [0.15, 0.2) is 0 Å². The van der Waals surface area contributed by atoms with Crippen LogP contribution in [0.25, 0.3) is 0 Å². The van der Waals surface area contributed by atoms with E-state index in [2.05, 4.69) is 35.8 Å². The summed E-state index contributed by atoms with van der Waals surface area (Å²) in [5.41, 5.74) is 4.91. The van der Waals surface area contributed by atoms with Crippen LogP contribution < -0.4 is 10.6 Å². The third kappa shape index (κ3) is 4.53. The molecule has 134 valence electrons. The maximum atomic E-state index is 12.6. The molecule has 0 spiro atoms. The van der Waals surface area contributed by atoms with E-state index in [1.54, 1.807) is 30.3 Å². The lowest BCUT2D eigenvalue weighted by Gasteiger charge is -2.12. The maximum Gasteiger partial charge on any atom is 0.255 e. The van der Waals surface area contributed by atoms with E-state index < -0.39 is 0 Å². The van der Waals surface area contributed by atoms with Crippen molar-refractivity contribution in [1.82, 2.24) is 0 Å². The summed E-state index contributed by atoms with van der Waals surface area (Å²) in [6.45, 7) is 2.76. The van der Waals surface area contributed by atoms with Crippen LogP contribution >= 0.6 is 0 Å². The molecule has 0 atom stereocenters. The Labute approximate surface area is 159 Å². The predicted octanol–water partition coefficient (Wildman–Crippen LogP) is 4.99. The Kier molecular flexibility index (Phi) is 5.86. The van der Waals surface area contributed by atoms with Gasteiger partial charge in [0.05, 0.1) is 11.3 Å². The first kappa shape index (κ1) is 18.2. The Morgan fingerprint density at radius 2 is 1.70 bits per heavy atom. The lowest BCUT2D eigenvalue weighted by atomic mass is 10.1. The molecule has 0 aromatic heterocycles. The Morgan fingerprint density at radius 1 is 0.963 bits per heavy atom. The Bertz CT molecular complexity index is 989. The summed E-state index contributed by atoms with van der Waals surface area (Å²) in [6, 6.07) is 24.8. The molecule has 2 N–H and O–H groups in total. The molecule has 0 aliphatic rings. The zero-order chi connectivity index (χ0) is 19.1. The van der Waals surface area contributed by atoms with Crippen LogP contribution in [0.2, 0.25) is 0 Å². The van der Waals surface area contributed by atoms with Crippen molar-refractivity contribution >= 4 is 17.3 Å². The molecule has 0 bridgehead atoms. The number of amides is 1. The van der Waals surface area contributed by atoms with E-state index in [0.717, 1.165) is 17.7 Å². The van der Waals surface area contributed by atoms with Gasteiger partial charge in [-0.3, -0.25) is 4.79 Å². The summed E-state index contributed by atoms with van der Waals surface area (Å²) in [6.07, 6.45) is 0.962. The highest BCUT2D eigenvalue weighted by molar-refractivity contribution is 6.05. The van der Waals surface area contributed by atoms with Gasteiger partial charge < -0.3 is 10.6 Å². The van der Waals surface area contributed by atoms with Gasteiger partial charge in [-0.15, -0.1) is 0 Å². The van der Waals surface area contributed by atoms with Crippen LogP contribution in [0.3, 0.4) is 0 Å². The third-order valence-corrected chi connectivity index (χ3v) is 4.37. The highest BCUT2D eigenvalue weighted by Gasteiger charge is 2.09. The molecule has 4 heteroatoms. The summed E-state index contributed by atoms with van der Waals surface area (Å²) in [7, 11) is 0. The number of nitrogens with zero attached hydrogens (tertiary/aromatic N) is 1. The van der Waals surface area contributed by atoms with E-state index in [4.69, 9.17) is 5.26 Å². The predicted molar refractivity (Wildman–Crippen MR) is 109 cm³/mol. The monoisotopic (exact) mass is 355 g/mol. The van der Waals surface area contributed by atoms with Gasteiger partial charge in [0.25, 0.3) is 5.91 Å². The number of aryl methyl sites for hydroxylation is 1. The molecule has 0 fully saturated rings. The summed E-state index contributed by atoms with van der Waals surface area (Å²) in [5.74, 6) is -0.228. The van der Waals surface area contributed by atoms with E-state index in [9.17, 15) is 4.79 Å². The van der Waals surface area contributed by atoms with Gasteiger partial charge in [-0.2, -0.15) is 5.26 Å². The molecular formula is C23H21N3O. The van der Waals surface area contributed by atoms with Crippen molar-refractivity contribution in [2.75, 3.05) is 10.6 Å². The molecular weight excluding hydrogens is 334 g/mol. The topological polar surface area (TPSA) is 64.9 Å². The number of nitrogens with one attached hydrogen (secondary N) is 2. The Morgan fingerprint density at radius 3 is 2.48 bits per heavy atom. The first-order chi connectivity index (χ1) is 13.2. The fourth-order valence-corrected chi connectivity index (χ4v) is 2.90. The van der Waals surface area contributed by atoms with E-state index in [0.29, 0.717) is 23.4 Å². The average molecular weight is 355 g/mol. The van der Waals surface area contributed by atoms with Gasteiger partial charge in [0, 0.05) is 17.8 Å². The molecule has 0 radical (unpaired) electrons. The first-order valence-corrected chi connectivity index (χ1v) is 8.92. The van der Waals surface area contributed by atoms with Crippen LogP contribution in [0.4, 0.5) is 11.4 Å². The number of hydrogen-bond donors (Lipinski definition) is 2. The molecule has 4 nitrogen and oxygen atoms in total. The fraction of sp³-hybridized carbons (Fsp3) is 0.130. The van der Waals surface area contributed by atoms with E-state index >= 15 is 0 Å². The van der Waals surface area contributed by atoms with Crippen LogP contribution in [0.1, 0.15) is 34.0 Å². The second-order valence-corrected chi connectivity index (χ2v) is 6.18. The molecule has 3 rings (SSSR count). The van der Waals surface area contributed by atoms with Crippen molar-refractivity contribution in [3.63, 3.8) is 0 Å². The van der Waals surface area contributed by atoms with Crippen LogP contribution in [0, 0.1) is 11.3 Å². The van der Waals surface area contributed by atoms with Gasteiger partial charge in [0.1, 0.15) is 6.07 Å². The smallest absolute Gasteiger partial charge is 0.255 e. The first-order valence-electron chi connectivity index (χ1n) is 8.92. The van der Waals surface area contributed by atoms with Gasteiger partial charge in [-0.1, -0.05) is 49.4 Å². The van der Waals surface area contributed by atoms with Crippen molar-refractivity contribution in [2.24, 2.45) is 0 Å². The number of rotatable bonds is 6. The lowest BCUT2D eigenvalue weighted by Crippen LogP contribution is -2.13. The highest BCUT2D eigenvalue weighted by atomic mass is 16.1. The SMILES string of the molecule is CCc1ccccc1NCc1cccc(C(=O)Nc2ccccc2C#N)c1. The quantitative estimate of drug-likeness (QED) is 0.655. The number of hydrogen-bond acceptors (Lipinski definition) is 3. The zero-order valence-corrected chi connectivity index (χ0v) is 15.2. The summed E-state index contributed by atoms with van der Waals surface area (Å²) >= 11 is 0. The molecule has 0 heterocycles. The van der Waals surface area contributed by atoms with Gasteiger partial charge in [0.2, 0.25) is 0 Å². The second kappa shape index (κ2) is 8.68. The van der Waals surface area contributed by atoms with Crippen LogP contribution in [-0.2, 0) is 13.0 Å². The van der Waals surface area contributed by atoms with E-state index in [1.165, 1.54) is 5.56 Å². The van der Waals surface area contributed by atoms with Crippen molar-refractivity contribution in [2.45, 2.75) is 19.9 Å². The molecule has 1 amide bonds. The van der Waals surface area contributed by atoms with Crippen molar-refractivity contribution in [3.8, 4) is 6.07 Å². The van der Waals surface area contributed by atoms with E-state index in [-0.39, 0.29) is 5.91 Å². The number of benzene rings is 3. The summed E-state index contributed by atoms with van der Waals surface area (Å²) < 4.78 is 0. The van der Waals surface area contributed by atoms with E-state index in [1.807, 2.05) is 30.3 Å². The largest absolute Gasteiger partial charge is 0.381 e. The molecule has 3 aromatic carbocycles. The average Bonchev–Trinajstić information content (AvgIpc) is 2.73. The van der Waals surface area contributed by atoms with Crippen molar-refractivity contribution in [1.29, 1.82) is 5.26 Å². The molecule has 0 unspecified atom stereocenters. The lowest BCUT2D eigenvalue weighted by molar-refractivity contribution is 0.102.